The molecule has 4 heteroatoms. The molecule has 0 bridgehead atoms. The quantitative estimate of drug-likeness (QED) is 0.175. The number of pyridine rings is 1. The molecular weight excluding hydrogens is 645 g/mol. The molecule has 1 aliphatic heterocycles. The predicted octanol–water partition coefficient (Wildman–Crippen LogP) is 12.5. The summed E-state index contributed by atoms with van der Waals surface area (Å²) in [4.78, 5) is 17.3. The molecule has 2 aromatic heterocycles. The van der Waals surface area contributed by atoms with Gasteiger partial charge < -0.3 is 4.90 Å². The Morgan fingerprint density at radius 3 is 2.04 bits per heavy atom. The molecule has 0 saturated heterocycles. The molecule has 8 aromatic rings. The molecular formula is C49H38N4. The summed E-state index contributed by atoms with van der Waals surface area (Å²) in [6.45, 7) is 0. The smallest absolute Gasteiger partial charge is 0.160 e. The first-order valence-electron chi connectivity index (χ1n) is 18.7. The summed E-state index contributed by atoms with van der Waals surface area (Å²) in [7, 11) is 0. The van der Waals surface area contributed by atoms with Crippen molar-refractivity contribution in [1.82, 2.24) is 15.0 Å². The highest BCUT2D eigenvalue weighted by atomic mass is 15.2. The Kier molecular flexibility index (Phi) is 7.87. The van der Waals surface area contributed by atoms with Crippen LogP contribution >= 0.6 is 0 Å². The van der Waals surface area contributed by atoms with Crippen molar-refractivity contribution in [2.45, 2.75) is 37.6 Å². The summed E-state index contributed by atoms with van der Waals surface area (Å²) < 4.78 is 0. The number of anilines is 2. The molecule has 0 spiro atoms. The van der Waals surface area contributed by atoms with E-state index in [0.29, 0.717) is 17.8 Å². The fourth-order valence-electron chi connectivity index (χ4n) is 8.73. The highest BCUT2D eigenvalue weighted by molar-refractivity contribution is 6.05. The number of hydrogen-bond donors (Lipinski definition) is 0. The van der Waals surface area contributed by atoms with E-state index >= 15 is 0 Å². The van der Waals surface area contributed by atoms with E-state index in [9.17, 15) is 0 Å². The lowest BCUT2D eigenvalue weighted by molar-refractivity contribution is 0.402. The summed E-state index contributed by atoms with van der Waals surface area (Å²) in [6, 6.07) is 57.1. The lowest BCUT2D eigenvalue weighted by atomic mass is 9.82. The van der Waals surface area contributed by atoms with Crippen LogP contribution in [0.25, 0.3) is 66.9 Å². The molecule has 4 nitrogen and oxygen atoms in total. The Bertz CT molecular complexity index is 2580. The van der Waals surface area contributed by atoms with Gasteiger partial charge in [0.25, 0.3) is 0 Å². The zero-order valence-electron chi connectivity index (χ0n) is 29.4. The van der Waals surface area contributed by atoms with Gasteiger partial charge in [-0.15, -0.1) is 0 Å². The number of para-hydroxylation sites is 1. The van der Waals surface area contributed by atoms with Gasteiger partial charge in [0.05, 0.1) is 11.4 Å². The van der Waals surface area contributed by atoms with Gasteiger partial charge in [-0.2, -0.15) is 0 Å². The molecule has 2 unspecified atom stereocenters. The molecule has 3 heterocycles. The minimum atomic E-state index is 0.521. The number of benzene rings is 6. The topological polar surface area (TPSA) is 41.9 Å². The van der Waals surface area contributed by atoms with Crippen molar-refractivity contribution < 1.29 is 0 Å². The van der Waals surface area contributed by atoms with E-state index in [4.69, 9.17) is 9.97 Å². The van der Waals surface area contributed by atoms with Gasteiger partial charge in [0.15, 0.2) is 5.82 Å². The Balaban J connectivity index is 1.07. The maximum absolute atomic E-state index is 5.22. The van der Waals surface area contributed by atoms with Crippen molar-refractivity contribution in [1.29, 1.82) is 0 Å². The number of fused-ring (bicyclic) bond motifs is 4. The molecule has 0 N–H and O–H groups in total. The van der Waals surface area contributed by atoms with Gasteiger partial charge in [0.2, 0.25) is 0 Å². The van der Waals surface area contributed by atoms with Crippen molar-refractivity contribution in [3.05, 3.63) is 176 Å². The molecule has 1 saturated carbocycles. The highest BCUT2D eigenvalue weighted by Gasteiger charge is 2.40. The summed E-state index contributed by atoms with van der Waals surface area (Å²) in [6.07, 6.45) is 8.83. The van der Waals surface area contributed by atoms with Crippen molar-refractivity contribution in [3.63, 3.8) is 0 Å². The zero-order valence-corrected chi connectivity index (χ0v) is 29.4. The lowest BCUT2D eigenvalue weighted by Crippen LogP contribution is -2.32. The minimum absolute atomic E-state index is 0.521. The number of rotatable bonds is 6. The van der Waals surface area contributed by atoms with Crippen LogP contribution in [-0.4, -0.2) is 21.0 Å². The minimum Gasteiger partial charge on any atom is -0.337 e. The van der Waals surface area contributed by atoms with Gasteiger partial charge in [-0.1, -0.05) is 140 Å². The third-order valence-corrected chi connectivity index (χ3v) is 11.2. The molecule has 1 fully saturated rings. The fraction of sp³-hybridized carbons (Fsp3) is 0.122. The SMILES string of the molecule is c1ccc(-c2nc(-c3ccc(-c4cccnc4)cc3)cc(-c3ccc(-c4cccc(N5c6ccccc6C6CCCCC65)c4)c4ccccc34)n2)cc1. The van der Waals surface area contributed by atoms with Crippen LogP contribution in [0.2, 0.25) is 0 Å². The van der Waals surface area contributed by atoms with Gasteiger partial charge in [0.1, 0.15) is 0 Å². The van der Waals surface area contributed by atoms with Crippen LogP contribution < -0.4 is 4.90 Å². The van der Waals surface area contributed by atoms with Gasteiger partial charge >= 0.3 is 0 Å². The van der Waals surface area contributed by atoms with Crippen molar-refractivity contribution in [3.8, 4) is 56.2 Å². The Hall–Kier alpha value is -6.39. The number of hydrogen-bond acceptors (Lipinski definition) is 4. The standard InChI is InChI=1S/C49H38N4/c1-2-12-35(13-3-1)49-51-45(34-25-23-33(24-26-34)37-15-11-29-50-32-37)31-46(52-49)42-28-27-39(40-17-4-5-18-41(40)42)36-14-10-16-38(30-36)53-47-21-8-6-19-43(47)44-20-7-9-22-48(44)53/h1-6,8,10-19,21,23-32,44,48H,7,9,20,22H2. The summed E-state index contributed by atoms with van der Waals surface area (Å²) in [5, 5.41) is 2.38. The second-order valence-electron chi connectivity index (χ2n) is 14.3. The first-order chi connectivity index (χ1) is 26.3. The second kappa shape index (κ2) is 13.3. The van der Waals surface area contributed by atoms with Gasteiger partial charge in [0, 0.05) is 52.4 Å². The molecule has 6 aromatic carbocycles. The van der Waals surface area contributed by atoms with Crippen molar-refractivity contribution in [2.75, 3.05) is 4.90 Å². The van der Waals surface area contributed by atoms with E-state index in [0.717, 1.165) is 39.2 Å². The molecule has 0 radical (unpaired) electrons. The average molecular weight is 683 g/mol. The van der Waals surface area contributed by atoms with Crippen LogP contribution in [0.5, 0.6) is 0 Å². The van der Waals surface area contributed by atoms with E-state index in [2.05, 4.69) is 143 Å². The number of nitrogens with zero attached hydrogens (tertiary/aromatic N) is 4. The molecule has 254 valence electrons. The molecule has 0 amide bonds. The first-order valence-corrected chi connectivity index (χ1v) is 18.7. The van der Waals surface area contributed by atoms with Crippen LogP contribution in [0, 0.1) is 0 Å². The van der Waals surface area contributed by atoms with E-state index in [1.54, 1.807) is 6.20 Å². The fourth-order valence-corrected chi connectivity index (χ4v) is 8.73. The highest BCUT2D eigenvalue weighted by Crippen LogP contribution is 2.51. The summed E-state index contributed by atoms with van der Waals surface area (Å²) in [5.41, 5.74) is 13.7. The normalized spacial score (nSPS) is 16.3. The molecule has 10 rings (SSSR count). The van der Waals surface area contributed by atoms with Crippen LogP contribution in [0.1, 0.15) is 37.2 Å². The zero-order chi connectivity index (χ0) is 35.1. The summed E-state index contributed by atoms with van der Waals surface area (Å²) in [5.74, 6) is 1.32. The van der Waals surface area contributed by atoms with Crippen LogP contribution in [0.3, 0.4) is 0 Å². The predicted molar refractivity (Wildman–Crippen MR) is 218 cm³/mol. The maximum Gasteiger partial charge on any atom is 0.160 e. The largest absolute Gasteiger partial charge is 0.337 e. The number of aromatic nitrogens is 3. The summed E-state index contributed by atoms with van der Waals surface area (Å²) >= 11 is 0. The third kappa shape index (κ3) is 5.68. The lowest BCUT2D eigenvalue weighted by Gasteiger charge is -2.34. The second-order valence-corrected chi connectivity index (χ2v) is 14.3. The first kappa shape index (κ1) is 31.4. The van der Waals surface area contributed by atoms with Crippen LogP contribution in [0.15, 0.2) is 170 Å². The maximum atomic E-state index is 5.22. The van der Waals surface area contributed by atoms with Gasteiger partial charge in [-0.3, -0.25) is 4.98 Å². The van der Waals surface area contributed by atoms with Crippen molar-refractivity contribution >= 4 is 22.1 Å². The van der Waals surface area contributed by atoms with Gasteiger partial charge in [-0.05, 0) is 81.8 Å². The Morgan fingerprint density at radius 2 is 1.19 bits per heavy atom. The Labute approximate surface area is 310 Å². The monoisotopic (exact) mass is 682 g/mol. The Morgan fingerprint density at radius 1 is 0.491 bits per heavy atom. The third-order valence-electron chi connectivity index (χ3n) is 11.2. The molecule has 2 atom stereocenters. The average Bonchev–Trinajstić information content (AvgIpc) is 3.58. The molecule has 2 aliphatic rings. The van der Waals surface area contributed by atoms with E-state index in [1.807, 2.05) is 30.5 Å². The van der Waals surface area contributed by atoms with E-state index in [1.165, 1.54) is 64.5 Å². The molecule has 1 aliphatic carbocycles. The van der Waals surface area contributed by atoms with Crippen LogP contribution in [-0.2, 0) is 0 Å². The van der Waals surface area contributed by atoms with Crippen LogP contribution in [0.4, 0.5) is 11.4 Å². The molecule has 53 heavy (non-hydrogen) atoms. The van der Waals surface area contributed by atoms with E-state index in [-0.39, 0.29) is 0 Å². The van der Waals surface area contributed by atoms with Gasteiger partial charge in [-0.25, -0.2) is 9.97 Å². The van der Waals surface area contributed by atoms with Crippen molar-refractivity contribution in [2.24, 2.45) is 0 Å². The van der Waals surface area contributed by atoms with E-state index < -0.39 is 0 Å².